The summed E-state index contributed by atoms with van der Waals surface area (Å²) in [6, 6.07) is 10.0. The molecule has 0 unspecified atom stereocenters. The zero-order valence-corrected chi connectivity index (χ0v) is 14.1. The molecule has 0 amide bonds. The molecule has 0 aromatic heterocycles. The first-order chi connectivity index (χ1) is 13.1. The van der Waals surface area contributed by atoms with Gasteiger partial charge in [-0.2, -0.15) is 0 Å². The highest BCUT2D eigenvalue weighted by Gasteiger charge is 2.41. The number of hydrogen-bond donors (Lipinski definition) is 1. The van der Waals surface area contributed by atoms with Crippen molar-refractivity contribution in [1.29, 1.82) is 0 Å². The molecule has 0 saturated carbocycles. The van der Waals surface area contributed by atoms with Crippen LogP contribution in [0.3, 0.4) is 0 Å². The minimum atomic E-state index is -0.622. The lowest BCUT2D eigenvalue weighted by Crippen LogP contribution is -2.22. The highest BCUT2D eigenvalue weighted by molar-refractivity contribution is 5.97. The van der Waals surface area contributed by atoms with Crippen molar-refractivity contribution in [3.63, 3.8) is 0 Å². The van der Waals surface area contributed by atoms with E-state index in [1.54, 1.807) is 30.3 Å². The van der Waals surface area contributed by atoms with Gasteiger partial charge in [0.2, 0.25) is 0 Å². The fourth-order valence-electron chi connectivity index (χ4n) is 3.80. The number of rotatable bonds is 2. The Morgan fingerprint density at radius 3 is 2.56 bits per heavy atom. The van der Waals surface area contributed by atoms with Crippen LogP contribution in [0.2, 0.25) is 0 Å². The molecule has 1 N–H and O–H groups in total. The molecule has 3 aliphatic heterocycles. The summed E-state index contributed by atoms with van der Waals surface area (Å²) in [5.41, 5.74) is 2.84. The maximum absolute atomic E-state index is 12.4. The number of ether oxygens (including phenoxy) is 3. The Bertz CT molecular complexity index is 1030. The summed E-state index contributed by atoms with van der Waals surface area (Å²) in [6.45, 7) is 0.986. The normalized spacial score (nSPS) is 19.7. The van der Waals surface area contributed by atoms with Crippen LogP contribution >= 0.6 is 0 Å². The highest BCUT2D eigenvalue weighted by Crippen LogP contribution is 2.49. The van der Waals surface area contributed by atoms with E-state index in [-0.39, 0.29) is 12.3 Å². The summed E-state index contributed by atoms with van der Waals surface area (Å²) in [4.78, 5) is 23.6. The van der Waals surface area contributed by atoms with Crippen molar-refractivity contribution < 1.29 is 23.9 Å². The molecular formula is C19H14N2O6. The number of cyclic esters (lactones) is 1. The SMILES string of the molecule is O=C1OCC2=C1[C@H](c1ccccc1[N+](=O)[O-])c1cc3c(cc1N2)OCCO3. The maximum atomic E-state index is 12.4. The molecule has 2 aromatic rings. The molecule has 5 rings (SSSR count). The monoisotopic (exact) mass is 366 g/mol. The van der Waals surface area contributed by atoms with Crippen molar-refractivity contribution in [1.82, 2.24) is 0 Å². The van der Waals surface area contributed by atoms with Crippen LogP contribution in [0.4, 0.5) is 11.4 Å². The minimum Gasteiger partial charge on any atom is -0.486 e. The Balaban J connectivity index is 1.76. The number of nitrogens with zero attached hydrogens (tertiary/aromatic N) is 1. The van der Waals surface area contributed by atoms with Crippen molar-refractivity contribution in [2.45, 2.75) is 5.92 Å². The number of nitro groups is 1. The van der Waals surface area contributed by atoms with Gasteiger partial charge < -0.3 is 19.5 Å². The molecule has 0 radical (unpaired) electrons. The average molecular weight is 366 g/mol. The Morgan fingerprint density at radius 1 is 1.04 bits per heavy atom. The van der Waals surface area contributed by atoms with Gasteiger partial charge in [-0.3, -0.25) is 10.1 Å². The van der Waals surface area contributed by atoms with Gasteiger partial charge in [-0.25, -0.2) is 4.79 Å². The second-order valence-electron chi connectivity index (χ2n) is 6.43. The van der Waals surface area contributed by atoms with Gasteiger partial charge in [0.15, 0.2) is 11.5 Å². The van der Waals surface area contributed by atoms with Crippen molar-refractivity contribution >= 4 is 17.3 Å². The van der Waals surface area contributed by atoms with Crippen LogP contribution in [-0.2, 0) is 9.53 Å². The summed E-state index contributed by atoms with van der Waals surface area (Å²) in [5, 5.41) is 14.8. The first kappa shape index (κ1) is 15.7. The summed E-state index contributed by atoms with van der Waals surface area (Å²) < 4.78 is 16.5. The topological polar surface area (TPSA) is 99.9 Å². The van der Waals surface area contributed by atoms with Gasteiger partial charge in [-0.15, -0.1) is 0 Å². The molecule has 0 fully saturated rings. The molecule has 136 valence electrons. The molecular weight excluding hydrogens is 352 g/mol. The van der Waals surface area contributed by atoms with Crippen LogP contribution in [0.25, 0.3) is 0 Å². The zero-order chi connectivity index (χ0) is 18.5. The van der Waals surface area contributed by atoms with Gasteiger partial charge in [0.25, 0.3) is 5.69 Å². The number of hydrogen-bond acceptors (Lipinski definition) is 7. The first-order valence-corrected chi connectivity index (χ1v) is 8.47. The largest absolute Gasteiger partial charge is 0.486 e. The average Bonchev–Trinajstić information content (AvgIpc) is 3.05. The van der Waals surface area contributed by atoms with Crippen molar-refractivity contribution in [3.8, 4) is 11.5 Å². The lowest BCUT2D eigenvalue weighted by atomic mass is 9.80. The van der Waals surface area contributed by atoms with E-state index in [0.717, 1.165) is 5.69 Å². The quantitative estimate of drug-likeness (QED) is 0.495. The molecule has 1 atom stereocenters. The van der Waals surface area contributed by atoms with Crippen molar-refractivity contribution in [3.05, 3.63) is 68.9 Å². The number of para-hydroxylation sites is 1. The van der Waals surface area contributed by atoms with Crippen LogP contribution in [0.15, 0.2) is 47.7 Å². The third-order valence-corrected chi connectivity index (χ3v) is 4.94. The summed E-state index contributed by atoms with van der Waals surface area (Å²) in [5.74, 6) is 0.0637. The zero-order valence-electron chi connectivity index (χ0n) is 14.1. The summed E-state index contributed by atoms with van der Waals surface area (Å²) >= 11 is 0. The smallest absolute Gasteiger partial charge is 0.337 e. The lowest BCUT2D eigenvalue weighted by Gasteiger charge is -2.29. The van der Waals surface area contributed by atoms with Crippen LogP contribution < -0.4 is 14.8 Å². The van der Waals surface area contributed by atoms with Gasteiger partial charge in [-0.1, -0.05) is 18.2 Å². The molecule has 0 aliphatic carbocycles. The third kappa shape index (κ3) is 2.33. The number of benzene rings is 2. The standard InChI is InChI=1S/C19H14N2O6/c22-19-18-13(9-27-19)20-12-8-16-15(25-5-6-26-16)7-11(12)17(18)10-3-1-2-4-14(10)21(23)24/h1-4,7-8,17,20H,5-6,9H2/t17-/m1/s1. The highest BCUT2D eigenvalue weighted by atomic mass is 16.6. The Kier molecular flexibility index (Phi) is 3.33. The molecule has 3 aliphatic rings. The van der Waals surface area contributed by atoms with Crippen LogP contribution in [0.1, 0.15) is 17.0 Å². The Hall–Kier alpha value is -3.55. The number of fused-ring (bicyclic) bond motifs is 2. The van der Waals surface area contributed by atoms with E-state index >= 15 is 0 Å². The van der Waals surface area contributed by atoms with Gasteiger partial charge >= 0.3 is 5.97 Å². The van der Waals surface area contributed by atoms with E-state index in [2.05, 4.69) is 5.32 Å². The number of esters is 1. The van der Waals surface area contributed by atoms with Crippen LogP contribution in [-0.4, -0.2) is 30.7 Å². The van der Waals surface area contributed by atoms with E-state index in [4.69, 9.17) is 14.2 Å². The number of anilines is 1. The van der Waals surface area contributed by atoms with Crippen molar-refractivity contribution in [2.24, 2.45) is 0 Å². The van der Waals surface area contributed by atoms with Crippen molar-refractivity contribution in [2.75, 3.05) is 25.1 Å². The van der Waals surface area contributed by atoms with Gasteiger partial charge in [0.05, 0.1) is 22.1 Å². The lowest BCUT2D eigenvalue weighted by molar-refractivity contribution is -0.385. The van der Waals surface area contributed by atoms with E-state index in [1.165, 1.54) is 6.07 Å². The fraction of sp³-hybridized carbons (Fsp3) is 0.211. The van der Waals surface area contributed by atoms with Gasteiger partial charge in [-0.05, 0) is 11.6 Å². The molecule has 3 heterocycles. The molecule has 0 spiro atoms. The Morgan fingerprint density at radius 2 is 1.78 bits per heavy atom. The predicted octanol–water partition coefficient (Wildman–Crippen LogP) is 2.73. The van der Waals surface area contributed by atoms with E-state index in [9.17, 15) is 14.9 Å². The third-order valence-electron chi connectivity index (χ3n) is 4.94. The molecule has 27 heavy (non-hydrogen) atoms. The second kappa shape index (κ2) is 5.73. The number of nitrogens with one attached hydrogen (secondary N) is 1. The number of nitro benzene ring substituents is 1. The minimum absolute atomic E-state index is 0.0446. The fourth-order valence-corrected chi connectivity index (χ4v) is 3.80. The molecule has 0 bridgehead atoms. The van der Waals surface area contributed by atoms with Gasteiger partial charge in [0.1, 0.15) is 19.8 Å². The van der Waals surface area contributed by atoms with Gasteiger partial charge in [0, 0.05) is 23.4 Å². The Labute approximate surface area is 153 Å². The van der Waals surface area contributed by atoms with E-state index in [1.807, 2.05) is 0 Å². The second-order valence-corrected chi connectivity index (χ2v) is 6.43. The van der Waals surface area contributed by atoms with Crippen LogP contribution in [0, 0.1) is 10.1 Å². The number of carbonyl (C=O) groups is 1. The first-order valence-electron chi connectivity index (χ1n) is 8.47. The predicted molar refractivity (Wildman–Crippen MR) is 94.0 cm³/mol. The summed E-state index contributed by atoms with van der Waals surface area (Å²) in [7, 11) is 0. The molecule has 8 heteroatoms. The maximum Gasteiger partial charge on any atom is 0.337 e. The molecule has 8 nitrogen and oxygen atoms in total. The van der Waals surface area contributed by atoms with E-state index in [0.29, 0.717) is 47.1 Å². The van der Waals surface area contributed by atoms with Crippen LogP contribution in [0.5, 0.6) is 11.5 Å². The molecule has 0 saturated heterocycles. The molecule has 2 aromatic carbocycles. The number of carbonyl (C=O) groups excluding carboxylic acids is 1. The van der Waals surface area contributed by atoms with E-state index < -0.39 is 16.8 Å². The summed E-state index contributed by atoms with van der Waals surface area (Å²) in [6.07, 6.45) is 0.